The smallest absolute Gasteiger partial charge is 0.244 e. The van der Waals surface area contributed by atoms with Gasteiger partial charge in [0.05, 0.1) is 4.90 Å². The van der Waals surface area contributed by atoms with Crippen LogP contribution in [0.3, 0.4) is 0 Å². The van der Waals surface area contributed by atoms with Crippen molar-refractivity contribution >= 4 is 33.2 Å². The standard InChI is InChI=1S/C25H31N3O4S/c1-17-7-9-21(14-18(17)2)26-24(29)16-27-23-11-10-22(15-20(23)8-12-25(27)30)33(31,32)28-13-5-4-6-19(28)3/h7,9-11,14-15,19H,4-6,8,12-13,16H2,1-3H3,(H,26,29)/t19-/m1/s1. The first-order valence-corrected chi connectivity index (χ1v) is 12.9. The first-order chi connectivity index (χ1) is 15.7. The molecular formula is C25H31N3O4S. The number of hydrogen-bond acceptors (Lipinski definition) is 4. The third-order valence-corrected chi connectivity index (χ3v) is 8.70. The molecule has 7 nitrogen and oxygen atoms in total. The van der Waals surface area contributed by atoms with E-state index in [4.69, 9.17) is 0 Å². The fourth-order valence-corrected chi connectivity index (χ4v) is 6.35. The number of amides is 2. The zero-order valence-corrected chi connectivity index (χ0v) is 20.2. The summed E-state index contributed by atoms with van der Waals surface area (Å²) in [5.41, 5.74) is 4.28. The maximum atomic E-state index is 13.2. The summed E-state index contributed by atoms with van der Waals surface area (Å²) in [6.07, 6.45) is 3.48. The van der Waals surface area contributed by atoms with Crippen molar-refractivity contribution in [2.24, 2.45) is 0 Å². The van der Waals surface area contributed by atoms with Crippen molar-refractivity contribution in [1.29, 1.82) is 0 Å². The van der Waals surface area contributed by atoms with Crippen LogP contribution in [0, 0.1) is 13.8 Å². The lowest BCUT2D eigenvalue weighted by Crippen LogP contribution is -2.42. The summed E-state index contributed by atoms with van der Waals surface area (Å²) in [5, 5.41) is 2.86. The summed E-state index contributed by atoms with van der Waals surface area (Å²) in [6, 6.07) is 10.6. The number of benzene rings is 2. The van der Waals surface area contributed by atoms with Crippen molar-refractivity contribution < 1.29 is 18.0 Å². The minimum absolute atomic E-state index is 0.0213. The van der Waals surface area contributed by atoms with Gasteiger partial charge in [0.2, 0.25) is 21.8 Å². The van der Waals surface area contributed by atoms with Gasteiger partial charge in [0.25, 0.3) is 0 Å². The molecule has 0 radical (unpaired) electrons. The molecule has 2 aliphatic rings. The van der Waals surface area contributed by atoms with Crippen LogP contribution in [0.15, 0.2) is 41.3 Å². The van der Waals surface area contributed by atoms with Crippen LogP contribution in [0.5, 0.6) is 0 Å². The van der Waals surface area contributed by atoms with E-state index in [0.717, 1.165) is 36.0 Å². The summed E-state index contributed by atoms with van der Waals surface area (Å²) in [4.78, 5) is 27.0. The third kappa shape index (κ3) is 4.82. The Bertz CT molecular complexity index is 1190. The number of anilines is 2. The van der Waals surface area contributed by atoms with Gasteiger partial charge in [0.15, 0.2) is 0 Å². The number of nitrogens with zero attached hydrogens (tertiary/aromatic N) is 2. The second-order valence-electron chi connectivity index (χ2n) is 9.08. The Kier molecular flexibility index (Phi) is 6.59. The number of carbonyl (C=O) groups excluding carboxylic acids is 2. The largest absolute Gasteiger partial charge is 0.325 e. The Morgan fingerprint density at radius 1 is 1.06 bits per heavy atom. The summed E-state index contributed by atoms with van der Waals surface area (Å²) < 4.78 is 28.1. The number of aryl methyl sites for hydroxylation is 3. The minimum Gasteiger partial charge on any atom is -0.325 e. The highest BCUT2D eigenvalue weighted by molar-refractivity contribution is 7.89. The number of rotatable bonds is 5. The van der Waals surface area contributed by atoms with Crippen molar-refractivity contribution in [3.8, 4) is 0 Å². The SMILES string of the molecule is Cc1ccc(NC(=O)CN2C(=O)CCc3cc(S(=O)(=O)N4CCCC[C@H]4C)ccc32)cc1C. The van der Waals surface area contributed by atoms with E-state index < -0.39 is 10.0 Å². The third-order valence-electron chi connectivity index (χ3n) is 6.69. The zero-order valence-electron chi connectivity index (χ0n) is 19.4. The van der Waals surface area contributed by atoms with Crippen LogP contribution in [-0.4, -0.2) is 43.7 Å². The molecule has 2 amide bonds. The molecule has 176 valence electrons. The van der Waals surface area contributed by atoms with Crippen LogP contribution in [0.4, 0.5) is 11.4 Å². The molecule has 2 aliphatic heterocycles. The molecule has 0 aromatic heterocycles. The quantitative estimate of drug-likeness (QED) is 0.722. The van der Waals surface area contributed by atoms with Crippen molar-refractivity contribution in [3.05, 3.63) is 53.1 Å². The lowest BCUT2D eigenvalue weighted by Gasteiger charge is -2.33. The molecule has 1 saturated heterocycles. The maximum absolute atomic E-state index is 13.2. The first-order valence-electron chi connectivity index (χ1n) is 11.5. The lowest BCUT2D eigenvalue weighted by atomic mass is 10.0. The van der Waals surface area contributed by atoms with E-state index in [1.165, 1.54) is 4.90 Å². The maximum Gasteiger partial charge on any atom is 0.244 e. The van der Waals surface area contributed by atoms with Gasteiger partial charge in [-0.3, -0.25) is 9.59 Å². The normalized spacial score (nSPS) is 19.3. The molecule has 0 unspecified atom stereocenters. The van der Waals surface area contributed by atoms with Crippen LogP contribution < -0.4 is 10.2 Å². The second kappa shape index (κ2) is 9.27. The second-order valence-corrected chi connectivity index (χ2v) is 11.0. The van der Waals surface area contributed by atoms with E-state index in [2.05, 4.69) is 5.32 Å². The molecule has 1 atom stereocenters. The highest BCUT2D eigenvalue weighted by Crippen LogP contribution is 2.32. The Labute approximate surface area is 195 Å². The van der Waals surface area contributed by atoms with E-state index in [0.29, 0.717) is 24.3 Å². The molecule has 1 fully saturated rings. The summed E-state index contributed by atoms with van der Waals surface area (Å²) in [6.45, 7) is 6.35. The number of nitrogens with one attached hydrogen (secondary N) is 1. The van der Waals surface area contributed by atoms with E-state index in [-0.39, 0.29) is 35.7 Å². The van der Waals surface area contributed by atoms with Crippen molar-refractivity contribution in [1.82, 2.24) is 4.31 Å². The molecule has 2 heterocycles. The highest BCUT2D eigenvalue weighted by Gasteiger charge is 2.33. The molecule has 0 aliphatic carbocycles. The van der Waals surface area contributed by atoms with E-state index in [9.17, 15) is 18.0 Å². The highest BCUT2D eigenvalue weighted by atomic mass is 32.2. The van der Waals surface area contributed by atoms with Gasteiger partial charge >= 0.3 is 0 Å². The summed E-state index contributed by atoms with van der Waals surface area (Å²) in [5.74, 6) is -0.434. The van der Waals surface area contributed by atoms with Gasteiger partial charge in [-0.25, -0.2) is 8.42 Å². The topological polar surface area (TPSA) is 86.8 Å². The molecule has 0 spiro atoms. The number of hydrogen-bond donors (Lipinski definition) is 1. The Hall–Kier alpha value is -2.71. The van der Waals surface area contributed by atoms with E-state index in [1.54, 1.807) is 22.5 Å². The lowest BCUT2D eigenvalue weighted by molar-refractivity contribution is -0.121. The van der Waals surface area contributed by atoms with Crippen LogP contribution in [0.25, 0.3) is 0 Å². The van der Waals surface area contributed by atoms with Crippen LogP contribution in [-0.2, 0) is 26.0 Å². The van der Waals surface area contributed by atoms with Crippen LogP contribution in [0.2, 0.25) is 0 Å². The Morgan fingerprint density at radius 3 is 2.58 bits per heavy atom. The molecule has 1 N–H and O–H groups in total. The van der Waals surface area contributed by atoms with Gasteiger partial charge in [0, 0.05) is 30.4 Å². The van der Waals surface area contributed by atoms with Gasteiger partial charge < -0.3 is 10.2 Å². The van der Waals surface area contributed by atoms with Gasteiger partial charge in [-0.05, 0) is 87.1 Å². The average Bonchev–Trinajstić information content (AvgIpc) is 2.78. The van der Waals surface area contributed by atoms with Crippen molar-refractivity contribution in [2.45, 2.75) is 63.8 Å². The zero-order chi connectivity index (χ0) is 23.8. The molecule has 2 aromatic rings. The number of piperidine rings is 1. The van der Waals surface area contributed by atoms with Gasteiger partial charge in [-0.2, -0.15) is 4.31 Å². The van der Waals surface area contributed by atoms with Crippen LogP contribution in [0.1, 0.15) is 49.3 Å². The average molecular weight is 470 g/mol. The summed E-state index contributed by atoms with van der Waals surface area (Å²) in [7, 11) is -3.60. The van der Waals surface area contributed by atoms with E-state index >= 15 is 0 Å². The Balaban J connectivity index is 1.55. The number of carbonyl (C=O) groups is 2. The van der Waals surface area contributed by atoms with Gasteiger partial charge in [-0.1, -0.05) is 12.5 Å². The molecule has 0 bridgehead atoms. The number of sulfonamides is 1. The summed E-state index contributed by atoms with van der Waals surface area (Å²) >= 11 is 0. The first kappa shape index (κ1) is 23.4. The molecular weight excluding hydrogens is 438 g/mol. The number of fused-ring (bicyclic) bond motifs is 1. The van der Waals surface area contributed by atoms with Gasteiger partial charge in [0.1, 0.15) is 6.54 Å². The monoisotopic (exact) mass is 469 g/mol. The Morgan fingerprint density at radius 2 is 1.85 bits per heavy atom. The molecule has 8 heteroatoms. The predicted octanol–water partition coefficient (Wildman–Crippen LogP) is 3.78. The van der Waals surface area contributed by atoms with Crippen molar-refractivity contribution in [2.75, 3.05) is 23.3 Å². The van der Waals surface area contributed by atoms with E-state index in [1.807, 2.05) is 39.0 Å². The van der Waals surface area contributed by atoms with Crippen molar-refractivity contribution in [3.63, 3.8) is 0 Å². The molecule has 33 heavy (non-hydrogen) atoms. The molecule has 0 saturated carbocycles. The van der Waals surface area contributed by atoms with Gasteiger partial charge in [-0.15, -0.1) is 0 Å². The molecule has 2 aromatic carbocycles. The fraction of sp³-hybridized carbons (Fsp3) is 0.440. The molecule has 4 rings (SSSR count). The fourth-order valence-electron chi connectivity index (χ4n) is 4.60. The minimum atomic E-state index is -3.60. The predicted molar refractivity (Wildman–Crippen MR) is 129 cm³/mol. The van der Waals surface area contributed by atoms with Crippen LogP contribution >= 0.6 is 0 Å².